The molecule has 0 aliphatic rings. The number of halogens is 3. The minimum Gasteiger partial charge on any atom is -0.490 e. The molecule has 0 fully saturated rings. The molecule has 0 atom stereocenters. The summed E-state index contributed by atoms with van der Waals surface area (Å²) in [7, 11) is 0. The van der Waals surface area contributed by atoms with E-state index in [-0.39, 0.29) is 17.1 Å². The highest BCUT2D eigenvalue weighted by molar-refractivity contribution is 9.10. The van der Waals surface area contributed by atoms with Gasteiger partial charge >= 0.3 is 0 Å². The number of ether oxygens (including phenoxy) is 1. The summed E-state index contributed by atoms with van der Waals surface area (Å²) in [5.74, 6) is -0.886. The molecule has 0 aromatic heterocycles. The summed E-state index contributed by atoms with van der Waals surface area (Å²) < 4.78 is 33.5. The Morgan fingerprint density at radius 3 is 2.62 bits per heavy atom. The average molecular weight is 357 g/mol. The highest BCUT2D eigenvalue weighted by atomic mass is 79.9. The van der Waals surface area contributed by atoms with E-state index in [1.165, 1.54) is 12.1 Å². The fourth-order valence-electron chi connectivity index (χ4n) is 1.74. The molecule has 0 bridgehead atoms. The average Bonchev–Trinajstić information content (AvgIpc) is 2.44. The second kappa shape index (κ2) is 6.76. The maximum atomic E-state index is 13.7. The molecule has 0 spiro atoms. The second-order valence-electron chi connectivity index (χ2n) is 4.47. The minimum absolute atomic E-state index is 0.0870. The van der Waals surface area contributed by atoms with Gasteiger partial charge in [0.15, 0.2) is 11.6 Å². The molecule has 3 N–H and O–H groups in total. The first-order chi connectivity index (χ1) is 10.0. The fourth-order valence-corrected chi connectivity index (χ4v) is 2.10. The summed E-state index contributed by atoms with van der Waals surface area (Å²) in [5.41, 5.74) is 6.57. The van der Waals surface area contributed by atoms with Crippen LogP contribution in [0.2, 0.25) is 0 Å². The van der Waals surface area contributed by atoms with Crippen LogP contribution in [-0.2, 0) is 0 Å². The molecule has 0 saturated heterocycles. The van der Waals surface area contributed by atoms with Gasteiger partial charge in [0.1, 0.15) is 5.82 Å². The summed E-state index contributed by atoms with van der Waals surface area (Å²) >= 11 is 3.27. The van der Waals surface area contributed by atoms with Crippen LogP contribution in [0.25, 0.3) is 0 Å². The molecule has 2 aromatic carbocycles. The molecule has 0 saturated carbocycles. The molecule has 0 radical (unpaired) electrons. The van der Waals surface area contributed by atoms with Gasteiger partial charge in [-0.1, -0.05) is 22.9 Å². The van der Waals surface area contributed by atoms with Crippen LogP contribution in [0.1, 0.15) is 13.3 Å². The van der Waals surface area contributed by atoms with Crippen molar-refractivity contribution in [2.24, 2.45) is 0 Å². The van der Waals surface area contributed by atoms with Crippen molar-refractivity contribution >= 4 is 33.0 Å². The first-order valence-corrected chi connectivity index (χ1v) is 7.24. The summed E-state index contributed by atoms with van der Waals surface area (Å²) in [6.45, 7) is 2.32. The summed E-state index contributed by atoms with van der Waals surface area (Å²) in [6, 6.07) is 7.07. The maximum Gasteiger partial charge on any atom is 0.167 e. The Hall–Kier alpha value is -1.82. The Morgan fingerprint density at radius 2 is 1.90 bits per heavy atom. The van der Waals surface area contributed by atoms with Gasteiger partial charge in [0.05, 0.1) is 23.7 Å². The Bertz CT molecular complexity index is 650. The van der Waals surface area contributed by atoms with Gasteiger partial charge in [-0.2, -0.15) is 0 Å². The number of anilines is 3. The van der Waals surface area contributed by atoms with Crippen LogP contribution >= 0.6 is 15.9 Å². The van der Waals surface area contributed by atoms with Gasteiger partial charge in [-0.25, -0.2) is 8.78 Å². The number of nitrogens with one attached hydrogen (secondary N) is 1. The van der Waals surface area contributed by atoms with Crippen molar-refractivity contribution < 1.29 is 13.5 Å². The Balaban J connectivity index is 2.32. The molecule has 2 rings (SSSR count). The molecule has 21 heavy (non-hydrogen) atoms. The van der Waals surface area contributed by atoms with E-state index in [1.807, 2.05) is 6.92 Å². The zero-order valence-electron chi connectivity index (χ0n) is 11.4. The Morgan fingerprint density at radius 1 is 1.14 bits per heavy atom. The van der Waals surface area contributed by atoms with E-state index in [9.17, 15) is 8.78 Å². The Kier molecular flexibility index (Phi) is 5.01. The van der Waals surface area contributed by atoms with E-state index < -0.39 is 11.6 Å². The van der Waals surface area contributed by atoms with Crippen molar-refractivity contribution in [1.29, 1.82) is 0 Å². The molecule has 3 nitrogen and oxygen atoms in total. The zero-order valence-corrected chi connectivity index (χ0v) is 13.0. The predicted molar refractivity (Wildman–Crippen MR) is 84.0 cm³/mol. The molecule has 112 valence electrons. The quantitative estimate of drug-likeness (QED) is 0.753. The summed E-state index contributed by atoms with van der Waals surface area (Å²) in [4.78, 5) is 0. The van der Waals surface area contributed by atoms with E-state index in [0.29, 0.717) is 12.3 Å². The first-order valence-electron chi connectivity index (χ1n) is 6.45. The lowest BCUT2D eigenvalue weighted by molar-refractivity contribution is 0.301. The molecule has 0 aliphatic carbocycles. The smallest absolute Gasteiger partial charge is 0.167 e. The molecule has 0 unspecified atom stereocenters. The number of hydrogen-bond donors (Lipinski definition) is 2. The standard InChI is InChI=1S/C15H15BrF2N2O/c1-2-5-21-15-8-14(12(19)7-11(15)18)20-13-6-9(16)3-4-10(13)17/h3-4,6-8,20H,2,5,19H2,1H3. The number of nitrogen functional groups attached to an aromatic ring is 1. The molecule has 0 heterocycles. The number of rotatable bonds is 5. The van der Waals surface area contributed by atoms with Crippen molar-refractivity contribution in [3.63, 3.8) is 0 Å². The van der Waals surface area contributed by atoms with Crippen molar-refractivity contribution in [3.8, 4) is 5.75 Å². The molecule has 6 heteroatoms. The first kappa shape index (κ1) is 15.6. The van der Waals surface area contributed by atoms with E-state index in [4.69, 9.17) is 10.5 Å². The van der Waals surface area contributed by atoms with Crippen molar-refractivity contribution in [2.45, 2.75) is 13.3 Å². The van der Waals surface area contributed by atoms with Gasteiger partial charge in [-0.05, 0) is 24.6 Å². The molecule has 2 aromatic rings. The summed E-state index contributed by atoms with van der Waals surface area (Å²) in [5, 5.41) is 2.85. The van der Waals surface area contributed by atoms with Gasteiger partial charge in [-0.3, -0.25) is 0 Å². The number of benzene rings is 2. The third-order valence-electron chi connectivity index (χ3n) is 2.76. The lowest BCUT2D eigenvalue weighted by Gasteiger charge is -2.13. The second-order valence-corrected chi connectivity index (χ2v) is 5.38. The molecular formula is C15H15BrF2N2O. The van der Waals surface area contributed by atoms with E-state index in [2.05, 4.69) is 21.2 Å². The van der Waals surface area contributed by atoms with Crippen molar-refractivity contribution in [1.82, 2.24) is 0 Å². The van der Waals surface area contributed by atoms with Gasteiger partial charge in [0, 0.05) is 16.6 Å². The van der Waals surface area contributed by atoms with Crippen LogP contribution in [0.3, 0.4) is 0 Å². The number of hydrogen-bond acceptors (Lipinski definition) is 3. The molecule has 0 amide bonds. The molecule has 0 aliphatic heterocycles. The van der Waals surface area contributed by atoms with E-state index in [0.717, 1.165) is 17.0 Å². The van der Waals surface area contributed by atoms with E-state index >= 15 is 0 Å². The highest BCUT2D eigenvalue weighted by Gasteiger charge is 2.11. The van der Waals surface area contributed by atoms with E-state index in [1.54, 1.807) is 12.1 Å². The summed E-state index contributed by atoms with van der Waals surface area (Å²) in [6.07, 6.45) is 0.757. The Labute approximate surface area is 130 Å². The maximum absolute atomic E-state index is 13.7. The third kappa shape index (κ3) is 3.85. The third-order valence-corrected chi connectivity index (χ3v) is 3.26. The van der Waals surface area contributed by atoms with Gasteiger partial charge in [0.25, 0.3) is 0 Å². The van der Waals surface area contributed by atoms with Crippen LogP contribution in [0.5, 0.6) is 5.75 Å². The van der Waals surface area contributed by atoms with Gasteiger partial charge in [-0.15, -0.1) is 0 Å². The largest absolute Gasteiger partial charge is 0.490 e. The van der Waals surface area contributed by atoms with Crippen LogP contribution in [0, 0.1) is 11.6 Å². The van der Waals surface area contributed by atoms with Crippen LogP contribution in [0.15, 0.2) is 34.8 Å². The molecular weight excluding hydrogens is 342 g/mol. The highest BCUT2D eigenvalue weighted by Crippen LogP contribution is 2.32. The lowest BCUT2D eigenvalue weighted by Crippen LogP contribution is -2.03. The van der Waals surface area contributed by atoms with Crippen LogP contribution in [-0.4, -0.2) is 6.61 Å². The number of nitrogens with two attached hydrogens (primary N) is 1. The van der Waals surface area contributed by atoms with Crippen LogP contribution < -0.4 is 15.8 Å². The topological polar surface area (TPSA) is 47.3 Å². The minimum atomic E-state index is -0.541. The van der Waals surface area contributed by atoms with Crippen molar-refractivity contribution in [3.05, 3.63) is 46.4 Å². The zero-order chi connectivity index (χ0) is 15.4. The van der Waals surface area contributed by atoms with Crippen molar-refractivity contribution in [2.75, 3.05) is 17.7 Å². The lowest BCUT2D eigenvalue weighted by atomic mass is 10.2. The SMILES string of the molecule is CCCOc1cc(Nc2cc(Br)ccc2F)c(N)cc1F. The normalized spacial score (nSPS) is 10.5. The van der Waals surface area contributed by atoms with Gasteiger partial charge < -0.3 is 15.8 Å². The monoisotopic (exact) mass is 356 g/mol. The van der Waals surface area contributed by atoms with Crippen LogP contribution in [0.4, 0.5) is 25.8 Å². The predicted octanol–water partition coefficient (Wildman–Crippen LogP) is 4.84. The fraction of sp³-hybridized carbons (Fsp3) is 0.200. The van der Waals surface area contributed by atoms with Gasteiger partial charge in [0.2, 0.25) is 0 Å².